The predicted octanol–water partition coefficient (Wildman–Crippen LogP) is 2.76. The molecule has 3 aromatic rings. The van der Waals surface area contributed by atoms with E-state index in [0.717, 1.165) is 34.9 Å². The van der Waals surface area contributed by atoms with Crippen molar-refractivity contribution in [2.24, 2.45) is 0 Å². The molecule has 1 aromatic carbocycles. The Morgan fingerprint density at radius 2 is 1.79 bits per heavy atom. The van der Waals surface area contributed by atoms with Crippen molar-refractivity contribution in [3.63, 3.8) is 0 Å². The third-order valence-electron chi connectivity index (χ3n) is 3.08. The quantitative estimate of drug-likeness (QED) is 0.377. The number of benzene rings is 1. The van der Waals surface area contributed by atoms with Crippen molar-refractivity contribution in [3.05, 3.63) is 60.4 Å². The number of rotatable bonds is 6. The summed E-state index contributed by atoms with van der Waals surface area (Å²) in [6.45, 7) is 0. The minimum atomic E-state index is 0. The normalized spacial score (nSPS) is 9.33. The van der Waals surface area contributed by atoms with Gasteiger partial charge in [-0.3, -0.25) is 4.98 Å². The van der Waals surface area contributed by atoms with Gasteiger partial charge < -0.3 is 5.48 Å². The largest absolute Gasteiger partial charge is 0.412 e. The van der Waals surface area contributed by atoms with Gasteiger partial charge in [-0.2, -0.15) is 13.5 Å². The molecule has 0 aliphatic rings. The van der Waals surface area contributed by atoms with Gasteiger partial charge in [-0.05, 0) is 40.9 Å². The zero-order chi connectivity index (χ0) is 14.3. The molecule has 0 spiro atoms. The molecule has 0 bridgehead atoms. The molecule has 0 amide bonds. The van der Waals surface area contributed by atoms with Crippen LogP contribution in [0.1, 0.15) is 12.0 Å². The van der Waals surface area contributed by atoms with Crippen LogP contribution in [-0.4, -0.2) is 56.1 Å². The van der Waals surface area contributed by atoms with Gasteiger partial charge in [0.15, 0.2) is 10.7 Å². The zero-order valence-corrected chi connectivity index (χ0v) is 17.3. The van der Waals surface area contributed by atoms with Gasteiger partial charge in [0.25, 0.3) is 0 Å². The summed E-state index contributed by atoms with van der Waals surface area (Å²) in [7, 11) is 0. The number of hydrogen-bond donors (Lipinski definition) is 0. The molecule has 0 fully saturated rings. The maximum atomic E-state index is 4.87. The Bertz CT molecular complexity index is 684. The summed E-state index contributed by atoms with van der Waals surface area (Å²) in [5.74, 6) is 0.983. The van der Waals surface area contributed by atoms with Gasteiger partial charge >= 0.3 is 0 Å². The molecule has 123 valence electrons. The van der Waals surface area contributed by atoms with Gasteiger partial charge in [-0.15, -0.1) is 11.8 Å². The molecule has 3 rings (SSSR count). The molecule has 2 heterocycles. The second-order valence-corrected chi connectivity index (χ2v) is 5.68. The van der Waals surface area contributed by atoms with Gasteiger partial charge in [0, 0.05) is 53.3 Å². The van der Waals surface area contributed by atoms with E-state index < -0.39 is 0 Å². The Balaban J connectivity index is 0.00000176. The first-order valence-electron chi connectivity index (χ1n) is 6.83. The third-order valence-corrected chi connectivity index (χ3v) is 4.12. The van der Waals surface area contributed by atoms with Crippen molar-refractivity contribution in [2.75, 3.05) is 5.75 Å². The summed E-state index contributed by atoms with van der Waals surface area (Å²) in [6, 6.07) is 14.3. The molecule has 0 aliphatic carbocycles. The van der Waals surface area contributed by atoms with E-state index in [0.29, 0.717) is 0 Å². The van der Waals surface area contributed by atoms with E-state index in [1.165, 1.54) is 5.56 Å². The number of aromatic nitrogens is 3. The van der Waals surface area contributed by atoms with Gasteiger partial charge in [-0.25, -0.2) is 4.63 Å². The summed E-state index contributed by atoms with van der Waals surface area (Å²) in [5, 5.41) is 8.79. The molecule has 5 nitrogen and oxygen atoms in total. The Morgan fingerprint density at radius 1 is 1.00 bits per heavy atom. The van der Waals surface area contributed by atoms with Crippen LogP contribution in [0, 0.1) is 0 Å². The van der Waals surface area contributed by atoms with E-state index >= 15 is 0 Å². The van der Waals surface area contributed by atoms with E-state index in [9.17, 15) is 0 Å². The molecule has 2 N–H and O–H groups in total. The molecule has 2 aromatic heterocycles. The first-order chi connectivity index (χ1) is 10.4. The smallest absolute Gasteiger partial charge is 0.169 e. The molecular weight excluding hydrogens is 353 g/mol. The summed E-state index contributed by atoms with van der Waals surface area (Å²) in [6.07, 6.45) is 5.67. The third kappa shape index (κ3) is 6.58. The van der Waals surface area contributed by atoms with Crippen molar-refractivity contribution in [2.45, 2.75) is 17.9 Å². The van der Waals surface area contributed by atoms with Gasteiger partial charge in [0.2, 0.25) is 0 Å². The van der Waals surface area contributed by atoms with Crippen LogP contribution < -0.4 is 0 Å². The Kier molecular flexibility index (Phi) is 12.1. The predicted molar refractivity (Wildman–Crippen MR) is 103 cm³/mol. The number of hydrogen-bond acceptors (Lipinski definition) is 5. The summed E-state index contributed by atoms with van der Waals surface area (Å²) in [4.78, 5) is 4.10. The monoisotopic (exact) mass is 372 g/mol. The first-order valence-corrected chi connectivity index (χ1v) is 7.82. The van der Waals surface area contributed by atoms with Gasteiger partial charge in [0.05, 0.1) is 0 Å². The van der Waals surface area contributed by atoms with E-state index in [1.54, 1.807) is 24.2 Å². The van der Waals surface area contributed by atoms with Crippen LogP contribution in [0.4, 0.5) is 0 Å². The number of aryl methyl sites for hydroxylation is 1. The van der Waals surface area contributed by atoms with Crippen LogP contribution in [0.3, 0.4) is 0 Å². The van der Waals surface area contributed by atoms with Gasteiger partial charge in [0.1, 0.15) is 0 Å². The van der Waals surface area contributed by atoms with Crippen LogP contribution >= 0.6 is 25.3 Å². The first kappa shape index (κ1) is 23.2. The van der Waals surface area contributed by atoms with Crippen LogP contribution in [-0.2, 0) is 6.42 Å². The molecule has 0 saturated heterocycles. The SMILES string of the molecule is O.S.[Na].c1ccc(CCCSc2nonc2-c2cccnc2)cc1. The molecule has 24 heavy (non-hydrogen) atoms. The minimum Gasteiger partial charge on any atom is -0.412 e. The molecule has 0 saturated carbocycles. The fourth-order valence-electron chi connectivity index (χ4n) is 2.04. The van der Waals surface area contributed by atoms with Crippen LogP contribution in [0.25, 0.3) is 11.3 Å². The summed E-state index contributed by atoms with van der Waals surface area (Å²) >= 11 is 1.67. The van der Waals surface area contributed by atoms with E-state index in [2.05, 4.69) is 39.6 Å². The van der Waals surface area contributed by atoms with Crippen molar-refractivity contribution in [1.29, 1.82) is 0 Å². The average Bonchev–Trinajstić information content (AvgIpc) is 3.02. The van der Waals surface area contributed by atoms with Crippen LogP contribution in [0.2, 0.25) is 0 Å². The Morgan fingerprint density at radius 3 is 2.50 bits per heavy atom. The molecular formula is C16H19N3NaO2S2. The number of thioether (sulfide) groups is 1. The second-order valence-electron chi connectivity index (χ2n) is 4.60. The minimum absolute atomic E-state index is 0. The standard InChI is InChI=1S/C16H15N3OS.Na.H2O.H2S/c1-2-6-13(7-3-1)8-5-11-21-16-15(18-20-19-16)14-9-4-10-17-12-14;;;/h1-4,6-7,9-10,12H,5,8,11H2;;2*1H2. The Hall–Kier alpha value is -0.830. The summed E-state index contributed by atoms with van der Waals surface area (Å²) in [5.41, 5.74) is 3.07. The fourth-order valence-corrected chi connectivity index (χ4v) is 2.90. The van der Waals surface area contributed by atoms with E-state index in [4.69, 9.17) is 4.63 Å². The molecule has 1 radical (unpaired) electrons. The topological polar surface area (TPSA) is 83.3 Å². The zero-order valence-electron chi connectivity index (χ0n) is 13.5. The summed E-state index contributed by atoms with van der Waals surface area (Å²) < 4.78 is 4.87. The molecule has 0 atom stereocenters. The van der Waals surface area contributed by atoms with Crippen molar-refractivity contribution < 1.29 is 10.1 Å². The van der Waals surface area contributed by atoms with E-state index in [-0.39, 0.29) is 48.5 Å². The van der Waals surface area contributed by atoms with Crippen molar-refractivity contribution in [1.82, 2.24) is 15.3 Å². The van der Waals surface area contributed by atoms with Gasteiger partial charge in [-0.1, -0.05) is 30.3 Å². The Labute approximate surface area is 174 Å². The number of nitrogens with zero attached hydrogens (tertiary/aromatic N) is 3. The second kappa shape index (κ2) is 12.5. The average molecular weight is 372 g/mol. The van der Waals surface area contributed by atoms with Crippen LogP contribution in [0.15, 0.2) is 64.5 Å². The fraction of sp³-hybridized carbons (Fsp3) is 0.188. The number of pyridine rings is 1. The maximum absolute atomic E-state index is 4.87. The van der Waals surface area contributed by atoms with E-state index in [1.807, 2.05) is 18.2 Å². The maximum Gasteiger partial charge on any atom is 0.169 e. The molecule has 0 unspecified atom stereocenters. The van der Waals surface area contributed by atoms with Crippen molar-refractivity contribution >= 4 is 54.8 Å². The van der Waals surface area contributed by atoms with Crippen molar-refractivity contribution in [3.8, 4) is 11.3 Å². The van der Waals surface area contributed by atoms with Crippen LogP contribution in [0.5, 0.6) is 0 Å². The molecule has 8 heteroatoms. The molecule has 0 aliphatic heterocycles.